The monoisotopic (exact) mass is 908 g/mol. The van der Waals surface area contributed by atoms with Crippen molar-refractivity contribution in [2.24, 2.45) is 36.1 Å². The molecule has 1 saturated carbocycles. The number of aromatic nitrogens is 2. The number of fused-ring (bicyclic) bond motifs is 5. The zero-order chi connectivity index (χ0) is 45.6. The molecule has 14 heteroatoms. The molecular formula is C51H45ClN4O8S. The number of ether oxygens (including phenoxy) is 3. The maximum atomic E-state index is 15.3. The van der Waals surface area contributed by atoms with Crippen LogP contribution in [0.25, 0.3) is 32.8 Å². The van der Waals surface area contributed by atoms with Gasteiger partial charge in [-0.15, -0.1) is 11.3 Å². The maximum Gasteiger partial charge on any atom is 0.242 e. The first kappa shape index (κ1) is 42.3. The van der Waals surface area contributed by atoms with Gasteiger partial charge in [0, 0.05) is 34.3 Å². The summed E-state index contributed by atoms with van der Waals surface area (Å²) in [5.41, 5.74) is 3.89. The van der Waals surface area contributed by atoms with Crippen molar-refractivity contribution in [3.05, 3.63) is 124 Å². The van der Waals surface area contributed by atoms with Crippen LogP contribution in [0.15, 0.2) is 96.6 Å². The third kappa shape index (κ3) is 6.49. The molecule has 1 N–H and O–H groups in total. The number of carbonyl (C=O) groups is 4. The van der Waals surface area contributed by atoms with Crippen LogP contribution in [0.2, 0.25) is 5.02 Å². The summed E-state index contributed by atoms with van der Waals surface area (Å²) in [6.07, 6.45) is 6.30. The number of hydrogen-bond acceptors (Lipinski definition) is 10. The highest BCUT2D eigenvalue weighted by atomic mass is 35.5. The van der Waals surface area contributed by atoms with E-state index < -0.39 is 46.8 Å². The van der Waals surface area contributed by atoms with Gasteiger partial charge >= 0.3 is 0 Å². The minimum atomic E-state index is -1.31. The lowest BCUT2D eigenvalue weighted by Crippen LogP contribution is -2.48. The Kier molecular flexibility index (Phi) is 10.3. The number of imide groups is 2. The number of phenols is 1. The van der Waals surface area contributed by atoms with Gasteiger partial charge in [-0.25, -0.2) is 4.90 Å². The van der Waals surface area contributed by atoms with Gasteiger partial charge in [-0.1, -0.05) is 53.6 Å². The minimum Gasteiger partial charge on any atom is -0.504 e. The largest absolute Gasteiger partial charge is 0.504 e. The van der Waals surface area contributed by atoms with E-state index in [9.17, 15) is 14.7 Å². The zero-order valence-corrected chi connectivity index (χ0v) is 38.1. The molecule has 0 unspecified atom stereocenters. The molecule has 6 aromatic rings. The number of aryl methyl sites for hydroxylation is 2. The van der Waals surface area contributed by atoms with Crippen LogP contribution in [0.3, 0.4) is 0 Å². The molecule has 0 radical (unpaired) electrons. The van der Waals surface area contributed by atoms with Crippen molar-refractivity contribution in [2.45, 2.75) is 32.6 Å². The lowest BCUT2D eigenvalue weighted by molar-refractivity contribution is -0.131. The van der Waals surface area contributed by atoms with Crippen LogP contribution in [0.1, 0.15) is 47.9 Å². The van der Waals surface area contributed by atoms with Gasteiger partial charge in [-0.2, -0.15) is 5.10 Å². The molecule has 3 fully saturated rings. The van der Waals surface area contributed by atoms with Crippen LogP contribution in [0.5, 0.6) is 23.0 Å². The Morgan fingerprint density at radius 2 is 1.60 bits per heavy atom. The first-order valence-corrected chi connectivity index (χ1v) is 22.5. The van der Waals surface area contributed by atoms with Crippen LogP contribution in [0, 0.1) is 36.0 Å². The first-order chi connectivity index (χ1) is 31.3. The van der Waals surface area contributed by atoms with Crippen LogP contribution in [-0.2, 0) is 26.2 Å². The van der Waals surface area contributed by atoms with Crippen molar-refractivity contribution in [1.29, 1.82) is 0 Å². The molecule has 2 aliphatic carbocycles. The van der Waals surface area contributed by atoms with E-state index in [4.69, 9.17) is 30.9 Å². The summed E-state index contributed by atoms with van der Waals surface area (Å²) in [6, 6.07) is 25.3. The first-order valence-electron chi connectivity index (χ1n) is 21.3. The standard InChI is InChI=1S/C51H45ClN4O8S/c1-26-35-23-30(52)12-20-42(35)65-46(26)38-25-43(54(3)53-38)56-48(59)37-24-36-33(45(51(37,2)50(56)61)29-11-18-39(57)41(22-29)64-6)16-17-34-44(36)49(60)55(47(34)58)31-13-8-27(9-14-31)7-10-28-21-32(62-4)15-19-40(28)63-5/h7-16,18-23,25,34,36-37,44-45,57H,17,24H2,1-6H3/t34-,36+,37-,44-,45-,51+/m0/s1. The molecule has 4 heterocycles. The molecule has 65 heavy (non-hydrogen) atoms. The molecule has 2 saturated heterocycles. The van der Waals surface area contributed by atoms with Gasteiger partial charge < -0.3 is 19.3 Å². The number of benzene rings is 4. The second-order valence-electron chi connectivity index (χ2n) is 17.3. The van der Waals surface area contributed by atoms with Crippen LogP contribution in [0.4, 0.5) is 11.5 Å². The van der Waals surface area contributed by atoms with Crippen LogP contribution < -0.4 is 24.0 Å². The Bertz CT molecular complexity index is 3060. The predicted octanol–water partition coefficient (Wildman–Crippen LogP) is 9.60. The number of phenolic OH excluding ortho intramolecular Hbond substituents is 1. The number of carbonyl (C=O) groups excluding carboxylic acids is 4. The van der Waals surface area contributed by atoms with E-state index in [2.05, 4.69) is 0 Å². The second kappa shape index (κ2) is 15.8. The highest BCUT2D eigenvalue weighted by Gasteiger charge is 2.68. The van der Waals surface area contributed by atoms with Crippen molar-refractivity contribution in [3.63, 3.8) is 0 Å². The van der Waals surface area contributed by atoms with Crippen molar-refractivity contribution < 1.29 is 38.5 Å². The van der Waals surface area contributed by atoms with Gasteiger partial charge in [-0.05, 0) is 115 Å². The number of nitrogens with zero attached hydrogens (tertiary/aromatic N) is 4. The summed E-state index contributed by atoms with van der Waals surface area (Å²) in [6.45, 7) is 3.84. The molecule has 12 nitrogen and oxygen atoms in total. The molecule has 4 amide bonds. The average Bonchev–Trinajstić information content (AvgIpc) is 3.98. The molecule has 330 valence electrons. The number of halogens is 1. The maximum absolute atomic E-state index is 15.3. The van der Waals surface area contributed by atoms with Crippen molar-refractivity contribution in [3.8, 4) is 33.6 Å². The van der Waals surface area contributed by atoms with Gasteiger partial charge in [0.1, 0.15) is 23.0 Å². The summed E-state index contributed by atoms with van der Waals surface area (Å²) in [5, 5.41) is 17.1. The average molecular weight is 909 g/mol. The van der Waals surface area contributed by atoms with Gasteiger partial charge in [0.15, 0.2) is 11.5 Å². The van der Waals surface area contributed by atoms with Crippen LogP contribution in [-0.4, -0.2) is 59.8 Å². The Morgan fingerprint density at radius 1 is 0.831 bits per heavy atom. The number of anilines is 2. The van der Waals surface area contributed by atoms with Gasteiger partial charge in [-0.3, -0.25) is 28.8 Å². The third-order valence-corrected chi connectivity index (χ3v) is 15.6. The number of methoxy groups -OCH3 is 3. The van der Waals surface area contributed by atoms with Crippen molar-refractivity contribution in [2.75, 3.05) is 31.1 Å². The Labute approximate surface area is 384 Å². The topological polar surface area (TPSA) is 140 Å². The molecular weight excluding hydrogens is 864 g/mol. The zero-order valence-electron chi connectivity index (χ0n) is 36.5. The van der Waals surface area contributed by atoms with E-state index in [1.807, 2.05) is 80.6 Å². The van der Waals surface area contributed by atoms with Gasteiger partial charge in [0.2, 0.25) is 23.6 Å². The van der Waals surface area contributed by atoms with Crippen molar-refractivity contribution in [1.82, 2.24) is 9.78 Å². The third-order valence-electron chi connectivity index (χ3n) is 14.1. The fraction of sp³-hybridized carbons (Fsp3) is 0.275. The molecule has 2 aliphatic heterocycles. The number of hydrogen-bond donors (Lipinski definition) is 1. The highest BCUT2D eigenvalue weighted by molar-refractivity contribution is 7.22. The minimum absolute atomic E-state index is 0.0755. The molecule has 4 aliphatic rings. The summed E-state index contributed by atoms with van der Waals surface area (Å²) < 4.78 is 19.1. The fourth-order valence-corrected chi connectivity index (χ4v) is 12.2. The molecule has 4 aromatic carbocycles. The van der Waals surface area contributed by atoms with E-state index in [1.165, 1.54) is 23.0 Å². The summed E-state index contributed by atoms with van der Waals surface area (Å²) in [5.74, 6) is -3.10. The van der Waals surface area contributed by atoms with Gasteiger partial charge in [0.05, 0.1) is 55.1 Å². The van der Waals surface area contributed by atoms with Gasteiger partial charge in [0.25, 0.3) is 0 Å². The molecule has 0 spiro atoms. The quantitative estimate of drug-likeness (QED) is 0.0853. The fourth-order valence-electron chi connectivity index (χ4n) is 10.8. The molecule has 6 atom stereocenters. The number of thiophene rings is 1. The Balaban J connectivity index is 1.00. The second-order valence-corrected chi connectivity index (χ2v) is 18.8. The number of rotatable bonds is 9. The number of aromatic hydroxyl groups is 1. The highest BCUT2D eigenvalue weighted by Crippen LogP contribution is 2.64. The SMILES string of the molecule is COc1ccc(OC)c(C=Cc2ccc(N3C(=O)[C@H]4[C@H](CC=C5[C@H]4C[C@H]4C(=O)N(c6cc(-c7sc8ccc(Cl)cc8c7C)nn6C)C(=O)[C@@]4(C)[C@H]5c4ccc(O)c(OC)c4)C3=O)cc2)c1. The lowest BCUT2D eigenvalue weighted by atomic mass is 9.51. The molecule has 0 bridgehead atoms. The summed E-state index contributed by atoms with van der Waals surface area (Å²) in [7, 11) is 6.38. The van der Waals surface area contributed by atoms with E-state index in [1.54, 1.807) is 67.6 Å². The van der Waals surface area contributed by atoms with Crippen molar-refractivity contribution >= 4 is 80.3 Å². The van der Waals surface area contributed by atoms with E-state index in [-0.39, 0.29) is 36.2 Å². The number of allylic oxidation sites excluding steroid dienone is 2. The normalized spacial score (nSPS) is 23.9. The number of amides is 4. The summed E-state index contributed by atoms with van der Waals surface area (Å²) >= 11 is 7.91. The smallest absolute Gasteiger partial charge is 0.242 e. The molecule has 10 rings (SSSR count). The predicted molar refractivity (Wildman–Crippen MR) is 250 cm³/mol. The lowest BCUT2D eigenvalue weighted by Gasteiger charge is -2.49. The van der Waals surface area contributed by atoms with E-state index in [0.717, 1.165) is 37.2 Å². The van der Waals surface area contributed by atoms with E-state index in [0.29, 0.717) is 39.3 Å². The Morgan fingerprint density at radius 3 is 2.34 bits per heavy atom. The van der Waals surface area contributed by atoms with Crippen LogP contribution >= 0.6 is 22.9 Å². The Hall–Kier alpha value is -6.70. The summed E-state index contributed by atoms with van der Waals surface area (Å²) in [4.78, 5) is 63.0. The molecule has 2 aromatic heterocycles. The van der Waals surface area contributed by atoms with E-state index >= 15 is 9.59 Å².